The monoisotopic (exact) mass is 205 g/mol. The lowest BCUT2D eigenvalue weighted by molar-refractivity contribution is 0.406. The van der Waals surface area contributed by atoms with E-state index in [2.05, 4.69) is 30.9 Å². The highest BCUT2D eigenvalue weighted by molar-refractivity contribution is 5.36. The molecule has 0 atom stereocenters. The predicted molar refractivity (Wildman–Crippen MR) is 59.0 cm³/mol. The van der Waals surface area contributed by atoms with E-state index < -0.39 is 0 Å². The van der Waals surface area contributed by atoms with E-state index in [1.807, 2.05) is 0 Å². The number of hydrogen-bond acceptors (Lipinski definition) is 2. The number of nitrogens with one attached hydrogen (secondary N) is 1. The molecule has 0 saturated carbocycles. The molecule has 0 amide bonds. The largest absolute Gasteiger partial charge is 0.297 e. The van der Waals surface area contributed by atoms with Crippen LogP contribution in [-0.2, 0) is 6.42 Å². The molecule has 2 heterocycles. The minimum atomic E-state index is -0.0516. The molecule has 0 aromatic carbocycles. The molecule has 4 heteroatoms. The Labute approximate surface area is 87.9 Å². The van der Waals surface area contributed by atoms with Gasteiger partial charge in [-0.05, 0) is 11.8 Å². The second kappa shape index (κ2) is 3.22. The van der Waals surface area contributed by atoms with Crippen LogP contribution in [0.5, 0.6) is 0 Å². The lowest BCUT2D eigenvalue weighted by atomic mass is 9.90. The van der Waals surface area contributed by atoms with Gasteiger partial charge in [0.15, 0.2) is 5.65 Å². The Morgan fingerprint density at radius 1 is 1.47 bits per heavy atom. The van der Waals surface area contributed by atoms with Crippen molar-refractivity contribution in [3.05, 3.63) is 34.4 Å². The number of fused-ring (bicyclic) bond motifs is 1. The summed E-state index contributed by atoms with van der Waals surface area (Å²) in [5.74, 6) is 0. The van der Waals surface area contributed by atoms with Gasteiger partial charge in [-0.25, -0.2) is 9.50 Å². The van der Waals surface area contributed by atoms with Crippen LogP contribution in [0.1, 0.15) is 26.5 Å². The van der Waals surface area contributed by atoms with Gasteiger partial charge in [0.05, 0.1) is 0 Å². The molecule has 1 N–H and O–H groups in total. The normalized spacial score (nSPS) is 12.2. The predicted octanol–water partition coefficient (Wildman–Crippen LogP) is 1.61. The third-order valence-electron chi connectivity index (χ3n) is 2.15. The highest BCUT2D eigenvalue weighted by Crippen LogP contribution is 2.18. The maximum atomic E-state index is 11.6. The number of aromatic nitrogens is 3. The average molecular weight is 205 g/mol. The summed E-state index contributed by atoms with van der Waals surface area (Å²) < 4.78 is 1.44. The van der Waals surface area contributed by atoms with Gasteiger partial charge in [0.2, 0.25) is 0 Å². The minimum Gasteiger partial charge on any atom is -0.297 e. The van der Waals surface area contributed by atoms with E-state index in [1.54, 1.807) is 18.3 Å². The molecular formula is C11H15N3O. The molecule has 0 aliphatic carbocycles. The first-order valence-electron chi connectivity index (χ1n) is 5.02. The maximum absolute atomic E-state index is 11.6. The molecule has 2 aromatic heterocycles. The Morgan fingerprint density at radius 2 is 2.20 bits per heavy atom. The summed E-state index contributed by atoms with van der Waals surface area (Å²) in [5, 5.41) is 2.82. The first-order valence-corrected chi connectivity index (χ1v) is 5.02. The number of hydrogen-bond donors (Lipinski definition) is 1. The standard InChI is InChI=1S/C11H15N3O/c1-11(2,3)7-8-6-10(15)14-9(13-8)4-5-12-14/h4-6,12H,7H2,1-3H3. The van der Waals surface area contributed by atoms with Gasteiger partial charge in [0.1, 0.15) is 0 Å². The van der Waals surface area contributed by atoms with E-state index in [1.165, 1.54) is 4.52 Å². The van der Waals surface area contributed by atoms with E-state index in [-0.39, 0.29) is 11.0 Å². The molecule has 15 heavy (non-hydrogen) atoms. The van der Waals surface area contributed by atoms with Crippen molar-refractivity contribution in [3.8, 4) is 0 Å². The second-order valence-corrected chi connectivity index (χ2v) is 4.98. The average Bonchev–Trinajstić information content (AvgIpc) is 2.48. The van der Waals surface area contributed by atoms with E-state index in [0.29, 0.717) is 5.65 Å². The minimum absolute atomic E-state index is 0.0516. The van der Waals surface area contributed by atoms with E-state index in [9.17, 15) is 4.79 Å². The third-order valence-corrected chi connectivity index (χ3v) is 2.15. The van der Waals surface area contributed by atoms with Crippen LogP contribution in [0.4, 0.5) is 0 Å². The quantitative estimate of drug-likeness (QED) is 0.769. The molecule has 0 aliphatic rings. The van der Waals surface area contributed by atoms with Gasteiger partial charge in [-0.3, -0.25) is 9.89 Å². The third kappa shape index (κ3) is 2.09. The topological polar surface area (TPSA) is 50.2 Å². The fourth-order valence-corrected chi connectivity index (χ4v) is 1.61. The van der Waals surface area contributed by atoms with Gasteiger partial charge in [0.25, 0.3) is 5.56 Å². The van der Waals surface area contributed by atoms with Crippen molar-refractivity contribution in [3.63, 3.8) is 0 Å². The molecule has 0 radical (unpaired) electrons. The molecule has 2 rings (SSSR count). The molecule has 4 nitrogen and oxygen atoms in total. The van der Waals surface area contributed by atoms with Crippen LogP contribution in [0.15, 0.2) is 23.1 Å². The summed E-state index contributed by atoms with van der Waals surface area (Å²) in [6.07, 6.45) is 2.52. The van der Waals surface area contributed by atoms with Gasteiger partial charge < -0.3 is 0 Å². The van der Waals surface area contributed by atoms with Crippen molar-refractivity contribution >= 4 is 5.65 Å². The molecule has 0 saturated heterocycles. The van der Waals surface area contributed by atoms with Gasteiger partial charge in [-0.15, -0.1) is 0 Å². The lowest BCUT2D eigenvalue weighted by Gasteiger charge is -2.16. The van der Waals surface area contributed by atoms with Crippen molar-refractivity contribution in [1.82, 2.24) is 14.6 Å². The van der Waals surface area contributed by atoms with Gasteiger partial charge in [0, 0.05) is 24.0 Å². The van der Waals surface area contributed by atoms with Crippen LogP contribution >= 0.6 is 0 Å². The van der Waals surface area contributed by atoms with Crippen molar-refractivity contribution < 1.29 is 0 Å². The Bertz CT molecular complexity index is 530. The molecule has 0 bridgehead atoms. The highest BCUT2D eigenvalue weighted by Gasteiger charge is 2.13. The van der Waals surface area contributed by atoms with Crippen LogP contribution < -0.4 is 5.56 Å². The van der Waals surface area contributed by atoms with E-state index >= 15 is 0 Å². The SMILES string of the molecule is CC(C)(C)Cc1cc(=O)n2[nH]ccc2n1. The first kappa shape index (κ1) is 9.96. The zero-order valence-corrected chi connectivity index (χ0v) is 9.24. The molecule has 0 aliphatic heterocycles. The summed E-state index contributed by atoms with van der Waals surface area (Å²) in [6.45, 7) is 6.40. The van der Waals surface area contributed by atoms with Crippen molar-refractivity contribution in [2.75, 3.05) is 0 Å². The van der Waals surface area contributed by atoms with Gasteiger partial charge in [-0.1, -0.05) is 20.8 Å². The Kier molecular flexibility index (Phi) is 2.14. The smallest absolute Gasteiger partial charge is 0.272 e. The van der Waals surface area contributed by atoms with Crippen LogP contribution in [-0.4, -0.2) is 14.6 Å². The van der Waals surface area contributed by atoms with Gasteiger partial charge in [-0.2, -0.15) is 0 Å². The molecule has 0 fully saturated rings. The van der Waals surface area contributed by atoms with Crippen molar-refractivity contribution in [2.24, 2.45) is 5.41 Å². The highest BCUT2D eigenvalue weighted by atomic mass is 16.1. The van der Waals surface area contributed by atoms with E-state index in [0.717, 1.165) is 12.1 Å². The fourth-order valence-electron chi connectivity index (χ4n) is 1.61. The van der Waals surface area contributed by atoms with Crippen molar-refractivity contribution in [1.29, 1.82) is 0 Å². The molecule has 0 spiro atoms. The Balaban J connectivity index is 2.50. The summed E-state index contributed by atoms with van der Waals surface area (Å²) >= 11 is 0. The fraction of sp³-hybridized carbons (Fsp3) is 0.455. The summed E-state index contributed by atoms with van der Waals surface area (Å²) in [7, 11) is 0. The van der Waals surface area contributed by atoms with Crippen molar-refractivity contribution in [2.45, 2.75) is 27.2 Å². The zero-order valence-electron chi connectivity index (χ0n) is 9.24. The van der Waals surface area contributed by atoms with Crippen LogP contribution in [0, 0.1) is 5.41 Å². The zero-order chi connectivity index (χ0) is 11.1. The summed E-state index contributed by atoms with van der Waals surface area (Å²) in [5.41, 5.74) is 1.63. The Hall–Kier alpha value is -1.58. The second-order valence-electron chi connectivity index (χ2n) is 4.98. The number of aromatic amines is 1. The van der Waals surface area contributed by atoms with E-state index in [4.69, 9.17) is 0 Å². The molecular weight excluding hydrogens is 190 g/mol. The van der Waals surface area contributed by atoms with Crippen LogP contribution in [0.2, 0.25) is 0 Å². The van der Waals surface area contributed by atoms with Crippen LogP contribution in [0.25, 0.3) is 5.65 Å². The molecule has 2 aromatic rings. The maximum Gasteiger partial charge on any atom is 0.272 e. The molecule has 0 unspecified atom stereocenters. The number of H-pyrrole nitrogens is 1. The van der Waals surface area contributed by atoms with Gasteiger partial charge >= 0.3 is 0 Å². The van der Waals surface area contributed by atoms with Crippen LogP contribution in [0.3, 0.4) is 0 Å². The summed E-state index contributed by atoms with van der Waals surface area (Å²) in [6, 6.07) is 3.39. The summed E-state index contributed by atoms with van der Waals surface area (Å²) in [4.78, 5) is 16.1. The molecule has 80 valence electrons. The number of nitrogens with zero attached hydrogens (tertiary/aromatic N) is 2. The number of rotatable bonds is 1. The first-order chi connectivity index (χ1) is 6.96. The lowest BCUT2D eigenvalue weighted by Crippen LogP contribution is -2.18. The Morgan fingerprint density at radius 3 is 2.87 bits per heavy atom.